The molecule has 106 valence electrons. The molecule has 1 aliphatic rings. The summed E-state index contributed by atoms with van der Waals surface area (Å²) in [7, 11) is 0. The van der Waals surface area contributed by atoms with E-state index in [-0.39, 0.29) is 12.4 Å². The second-order valence-electron chi connectivity index (χ2n) is 4.46. The number of ether oxygens (including phenoxy) is 2. The second-order valence-corrected chi connectivity index (χ2v) is 4.46. The molecule has 0 fully saturated rings. The SMILES string of the molecule is Cc1cc(C)nc(Nc2ccc3c(c2)OCCO3)n1.[Cl-]. The number of aryl methyl sites for hydroxylation is 2. The minimum atomic E-state index is 0. The largest absolute Gasteiger partial charge is 1.00 e. The smallest absolute Gasteiger partial charge is 0.227 e. The summed E-state index contributed by atoms with van der Waals surface area (Å²) in [4.78, 5) is 8.69. The van der Waals surface area contributed by atoms with Gasteiger partial charge in [-0.3, -0.25) is 0 Å². The van der Waals surface area contributed by atoms with Gasteiger partial charge in [-0.05, 0) is 32.0 Å². The van der Waals surface area contributed by atoms with Crippen LogP contribution in [0.4, 0.5) is 11.6 Å². The van der Waals surface area contributed by atoms with Crippen LogP contribution in [-0.4, -0.2) is 23.2 Å². The number of fused-ring (bicyclic) bond motifs is 1. The fraction of sp³-hybridized carbons (Fsp3) is 0.286. The van der Waals surface area contributed by atoms with Gasteiger partial charge in [0.25, 0.3) is 0 Å². The Morgan fingerprint density at radius 3 is 2.30 bits per heavy atom. The Labute approximate surface area is 123 Å². The van der Waals surface area contributed by atoms with E-state index in [1.54, 1.807) is 0 Å². The fourth-order valence-electron chi connectivity index (χ4n) is 2.03. The number of hydrogen-bond donors (Lipinski definition) is 1. The van der Waals surface area contributed by atoms with Gasteiger partial charge in [0.15, 0.2) is 11.5 Å². The summed E-state index contributed by atoms with van der Waals surface area (Å²) in [5.41, 5.74) is 2.76. The third-order valence-electron chi connectivity index (χ3n) is 2.78. The summed E-state index contributed by atoms with van der Waals surface area (Å²) in [6, 6.07) is 7.65. The molecule has 0 saturated heterocycles. The first-order chi connectivity index (χ1) is 9.20. The van der Waals surface area contributed by atoms with Crippen molar-refractivity contribution in [3.8, 4) is 11.5 Å². The van der Waals surface area contributed by atoms with Gasteiger partial charge in [0.2, 0.25) is 5.95 Å². The van der Waals surface area contributed by atoms with E-state index >= 15 is 0 Å². The number of nitrogens with zero attached hydrogens (tertiary/aromatic N) is 2. The van der Waals surface area contributed by atoms with Crippen LogP contribution in [0.25, 0.3) is 0 Å². The van der Waals surface area contributed by atoms with Gasteiger partial charge >= 0.3 is 0 Å². The van der Waals surface area contributed by atoms with Gasteiger partial charge in [-0.1, -0.05) is 0 Å². The van der Waals surface area contributed by atoms with Crippen LogP contribution in [0.5, 0.6) is 11.5 Å². The van der Waals surface area contributed by atoms with Crippen LogP contribution in [0.1, 0.15) is 11.4 Å². The lowest BCUT2D eigenvalue weighted by Gasteiger charge is -2.19. The maximum Gasteiger partial charge on any atom is 0.227 e. The third kappa shape index (κ3) is 3.11. The average Bonchev–Trinajstić information content (AvgIpc) is 2.37. The lowest BCUT2D eigenvalue weighted by Crippen LogP contribution is -3.00. The van der Waals surface area contributed by atoms with Gasteiger partial charge in [-0.15, -0.1) is 0 Å². The van der Waals surface area contributed by atoms with Crippen molar-refractivity contribution in [2.75, 3.05) is 18.5 Å². The first kappa shape index (κ1) is 14.4. The molecule has 0 amide bonds. The minimum Gasteiger partial charge on any atom is -1.00 e. The van der Waals surface area contributed by atoms with E-state index in [2.05, 4.69) is 15.3 Å². The van der Waals surface area contributed by atoms with E-state index in [9.17, 15) is 0 Å². The zero-order valence-corrected chi connectivity index (χ0v) is 12.1. The highest BCUT2D eigenvalue weighted by atomic mass is 35.5. The molecule has 1 aliphatic heterocycles. The lowest BCUT2D eigenvalue weighted by atomic mass is 10.2. The van der Waals surface area contributed by atoms with Crippen molar-refractivity contribution >= 4 is 11.6 Å². The zero-order chi connectivity index (χ0) is 13.2. The predicted octanol–water partition coefficient (Wildman–Crippen LogP) is -0.388. The molecule has 0 radical (unpaired) electrons. The van der Waals surface area contributed by atoms with E-state index in [1.165, 1.54) is 0 Å². The summed E-state index contributed by atoms with van der Waals surface area (Å²) in [5.74, 6) is 2.12. The van der Waals surface area contributed by atoms with Gasteiger partial charge < -0.3 is 27.2 Å². The Balaban J connectivity index is 0.00000147. The molecule has 1 N–H and O–H groups in total. The van der Waals surface area contributed by atoms with E-state index in [4.69, 9.17) is 9.47 Å². The Hall–Kier alpha value is -2.01. The van der Waals surface area contributed by atoms with Crippen LogP contribution >= 0.6 is 0 Å². The molecule has 5 nitrogen and oxygen atoms in total. The van der Waals surface area contributed by atoms with Gasteiger partial charge in [0.1, 0.15) is 13.2 Å². The van der Waals surface area contributed by atoms with E-state index in [0.717, 1.165) is 28.6 Å². The maximum absolute atomic E-state index is 5.54. The predicted molar refractivity (Wildman–Crippen MR) is 72.2 cm³/mol. The summed E-state index contributed by atoms with van der Waals surface area (Å²) >= 11 is 0. The van der Waals surface area contributed by atoms with Crippen molar-refractivity contribution in [1.82, 2.24) is 9.97 Å². The monoisotopic (exact) mass is 292 g/mol. The van der Waals surface area contributed by atoms with Gasteiger partial charge in [0.05, 0.1) is 0 Å². The molecule has 3 rings (SSSR count). The van der Waals surface area contributed by atoms with Crippen LogP contribution in [-0.2, 0) is 0 Å². The highest BCUT2D eigenvalue weighted by Gasteiger charge is 2.12. The van der Waals surface area contributed by atoms with Crippen LogP contribution in [0, 0.1) is 13.8 Å². The molecule has 6 heteroatoms. The Bertz CT molecular complexity index is 599. The molecule has 1 aromatic carbocycles. The number of anilines is 2. The number of halogens is 1. The molecule has 0 aliphatic carbocycles. The van der Waals surface area contributed by atoms with Crippen LogP contribution in [0.15, 0.2) is 24.3 Å². The molecule has 0 atom stereocenters. The molecule has 0 unspecified atom stereocenters. The molecular weight excluding hydrogens is 278 g/mol. The highest BCUT2D eigenvalue weighted by Crippen LogP contribution is 2.33. The summed E-state index contributed by atoms with van der Waals surface area (Å²) < 4.78 is 11.0. The molecule has 2 aromatic rings. The zero-order valence-electron chi connectivity index (χ0n) is 11.3. The second kappa shape index (κ2) is 5.96. The Morgan fingerprint density at radius 2 is 1.60 bits per heavy atom. The van der Waals surface area contributed by atoms with Gasteiger partial charge in [-0.25, -0.2) is 9.97 Å². The summed E-state index contributed by atoms with van der Waals surface area (Å²) in [6.07, 6.45) is 0. The first-order valence-electron chi connectivity index (χ1n) is 6.20. The molecule has 20 heavy (non-hydrogen) atoms. The third-order valence-corrected chi connectivity index (χ3v) is 2.78. The van der Waals surface area contributed by atoms with E-state index < -0.39 is 0 Å². The Morgan fingerprint density at radius 1 is 0.950 bits per heavy atom. The fourth-order valence-corrected chi connectivity index (χ4v) is 2.03. The van der Waals surface area contributed by atoms with E-state index in [1.807, 2.05) is 38.1 Å². The van der Waals surface area contributed by atoms with Crippen molar-refractivity contribution in [2.45, 2.75) is 13.8 Å². The molecule has 0 spiro atoms. The number of rotatable bonds is 2. The summed E-state index contributed by atoms with van der Waals surface area (Å²) in [6.45, 7) is 5.07. The Kier molecular flexibility index (Phi) is 4.29. The van der Waals surface area contributed by atoms with Gasteiger partial charge in [-0.2, -0.15) is 0 Å². The number of benzene rings is 1. The maximum atomic E-state index is 5.54. The quantitative estimate of drug-likeness (QED) is 0.817. The van der Waals surface area contributed by atoms with Crippen molar-refractivity contribution in [3.05, 3.63) is 35.7 Å². The van der Waals surface area contributed by atoms with Crippen molar-refractivity contribution in [3.63, 3.8) is 0 Å². The summed E-state index contributed by atoms with van der Waals surface area (Å²) in [5, 5.41) is 3.18. The molecule has 0 saturated carbocycles. The van der Waals surface area contributed by atoms with Crippen LogP contribution < -0.4 is 27.2 Å². The van der Waals surface area contributed by atoms with E-state index in [0.29, 0.717) is 19.2 Å². The lowest BCUT2D eigenvalue weighted by molar-refractivity contribution is -0.00000484. The van der Waals surface area contributed by atoms with Crippen molar-refractivity contribution < 1.29 is 21.9 Å². The normalized spacial score (nSPS) is 12.5. The van der Waals surface area contributed by atoms with Crippen molar-refractivity contribution in [2.24, 2.45) is 0 Å². The first-order valence-corrected chi connectivity index (χ1v) is 6.20. The standard InChI is InChI=1S/C14H15N3O2.ClH/c1-9-7-10(2)16-14(15-9)17-11-3-4-12-13(8-11)19-6-5-18-12;/h3-4,7-8H,5-6H2,1-2H3,(H,15,16,17);1H/p-1. The number of nitrogens with one attached hydrogen (secondary N) is 1. The topological polar surface area (TPSA) is 56.3 Å². The molecule has 0 bridgehead atoms. The van der Waals surface area contributed by atoms with Gasteiger partial charge in [0, 0.05) is 23.1 Å². The molecule has 1 aromatic heterocycles. The molecular formula is C14H15ClN3O2-. The van der Waals surface area contributed by atoms with Crippen molar-refractivity contribution in [1.29, 1.82) is 0 Å². The highest BCUT2D eigenvalue weighted by molar-refractivity contribution is 5.60. The molecule has 2 heterocycles. The number of aromatic nitrogens is 2. The number of hydrogen-bond acceptors (Lipinski definition) is 5. The van der Waals surface area contributed by atoms with Crippen LogP contribution in [0.2, 0.25) is 0 Å². The minimum absolute atomic E-state index is 0. The average molecular weight is 293 g/mol. The van der Waals surface area contributed by atoms with Crippen LogP contribution in [0.3, 0.4) is 0 Å².